The van der Waals surface area contributed by atoms with Gasteiger partial charge in [-0.05, 0) is 55.0 Å². The molecule has 0 unspecified atom stereocenters. The molecular formula is C24H18FN5O3. The molecule has 5 rings (SSSR count). The topological polar surface area (TPSA) is 90.5 Å². The Morgan fingerprint density at radius 1 is 1.03 bits per heavy atom. The highest BCUT2D eigenvalue weighted by Gasteiger charge is 2.19. The molecule has 0 aliphatic rings. The minimum atomic E-state index is -0.507. The Kier molecular flexibility index (Phi) is 5.06. The van der Waals surface area contributed by atoms with Crippen molar-refractivity contribution in [2.45, 2.75) is 13.5 Å². The van der Waals surface area contributed by atoms with Gasteiger partial charge in [0.25, 0.3) is 5.88 Å². The lowest BCUT2D eigenvalue weighted by Crippen LogP contribution is -2.28. The molecule has 5 aromatic rings. The molecule has 164 valence electrons. The van der Waals surface area contributed by atoms with E-state index in [1.807, 2.05) is 31.2 Å². The number of halogens is 1. The molecule has 0 radical (unpaired) electrons. The average Bonchev–Trinajstić information content (AvgIpc) is 3.13. The van der Waals surface area contributed by atoms with Crippen LogP contribution in [0.3, 0.4) is 0 Å². The number of anilines is 1. The summed E-state index contributed by atoms with van der Waals surface area (Å²) in [5, 5.41) is 6.97. The molecular weight excluding hydrogens is 425 g/mol. The quantitative estimate of drug-likeness (QED) is 0.445. The van der Waals surface area contributed by atoms with E-state index in [0.717, 1.165) is 10.2 Å². The van der Waals surface area contributed by atoms with E-state index in [2.05, 4.69) is 15.4 Å². The molecule has 1 N–H and O–H groups in total. The number of nitrogens with zero attached hydrogens (tertiary/aromatic N) is 4. The number of fused-ring (bicyclic) bond motifs is 3. The van der Waals surface area contributed by atoms with E-state index in [0.29, 0.717) is 22.5 Å². The van der Waals surface area contributed by atoms with Gasteiger partial charge in [0.2, 0.25) is 11.6 Å². The zero-order valence-electron chi connectivity index (χ0n) is 17.5. The normalized spacial score (nSPS) is 11.1. The van der Waals surface area contributed by atoms with Gasteiger partial charge < -0.3 is 10.1 Å². The molecule has 0 bridgehead atoms. The Labute approximate surface area is 186 Å². The van der Waals surface area contributed by atoms with Crippen molar-refractivity contribution in [3.8, 4) is 11.6 Å². The Hall–Kier alpha value is -4.53. The van der Waals surface area contributed by atoms with E-state index >= 15 is 0 Å². The number of carbonyl (C=O) groups is 1. The minimum absolute atomic E-state index is 0.151. The molecule has 2 heterocycles. The van der Waals surface area contributed by atoms with E-state index in [-0.39, 0.29) is 18.1 Å². The maximum atomic E-state index is 13.2. The van der Waals surface area contributed by atoms with Crippen LogP contribution in [-0.2, 0) is 11.3 Å². The number of carbonyl (C=O) groups excluding carboxylic acids is 1. The lowest BCUT2D eigenvalue weighted by Gasteiger charge is -2.09. The largest absolute Gasteiger partial charge is 0.436 e. The Bertz CT molecular complexity index is 1560. The summed E-state index contributed by atoms with van der Waals surface area (Å²) >= 11 is 0. The number of benzene rings is 3. The molecule has 0 saturated carbocycles. The highest BCUT2D eigenvalue weighted by molar-refractivity contribution is 5.90. The van der Waals surface area contributed by atoms with Crippen molar-refractivity contribution in [1.29, 1.82) is 0 Å². The molecule has 0 fully saturated rings. The van der Waals surface area contributed by atoms with E-state index in [1.165, 1.54) is 28.7 Å². The lowest BCUT2D eigenvalue weighted by atomic mass is 10.2. The summed E-state index contributed by atoms with van der Waals surface area (Å²) in [7, 11) is 0. The number of aromatic nitrogens is 4. The standard InChI is InChI=1S/C24H18FN5O3/c1-15-6-2-5-9-20(15)33-23-22-28-29(14-21(31)26-17-12-10-16(25)11-13-17)24(32)30(22)19-8-4-3-7-18(19)27-23/h2-13H,14H2,1H3,(H,26,31). The first-order valence-corrected chi connectivity index (χ1v) is 10.2. The molecule has 9 heteroatoms. The van der Waals surface area contributed by atoms with Crippen LogP contribution in [0.25, 0.3) is 16.7 Å². The average molecular weight is 443 g/mol. The van der Waals surface area contributed by atoms with E-state index < -0.39 is 17.4 Å². The number of hydrogen-bond donors (Lipinski definition) is 1. The predicted octanol–water partition coefficient (Wildman–Crippen LogP) is 3.92. The number of ether oxygens (including phenoxy) is 1. The van der Waals surface area contributed by atoms with Crippen molar-refractivity contribution in [2.75, 3.05) is 5.32 Å². The van der Waals surface area contributed by atoms with Crippen LogP contribution in [-0.4, -0.2) is 25.1 Å². The molecule has 2 aromatic heterocycles. The fourth-order valence-corrected chi connectivity index (χ4v) is 3.49. The third kappa shape index (κ3) is 3.91. The van der Waals surface area contributed by atoms with Crippen molar-refractivity contribution >= 4 is 28.3 Å². The van der Waals surface area contributed by atoms with Crippen LogP contribution >= 0.6 is 0 Å². The number of nitrogens with one attached hydrogen (secondary N) is 1. The van der Waals surface area contributed by atoms with E-state index in [4.69, 9.17) is 4.74 Å². The van der Waals surface area contributed by atoms with Crippen molar-refractivity contribution in [3.05, 3.63) is 94.7 Å². The van der Waals surface area contributed by atoms with Gasteiger partial charge in [-0.1, -0.05) is 30.3 Å². The smallest absolute Gasteiger partial charge is 0.351 e. The van der Waals surface area contributed by atoms with Gasteiger partial charge >= 0.3 is 5.69 Å². The van der Waals surface area contributed by atoms with Crippen LogP contribution in [0.1, 0.15) is 5.56 Å². The summed E-state index contributed by atoms with van der Waals surface area (Å²) in [5.41, 5.74) is 2.08. The van der Waals surface area contributed by atoms with Crippen molar-refractivity contribution in [2.24, 2.45) is 0 Å². The summed E-state index contributed by atoms with van der Waals surface area (Å²) < 4.78 is 21.6. The predicted molar refractivity (Wildman–Crippen MR) is 121 cm³/mol. The van der Waals surface area contributed by atoms with Crippen LogP contribution in [0, 0.1) is 12.7 Å². The Morgan fingerprint density at radius 2 is 1.76 bits per heavy atom. The molecule has 8 nitrogen and oxygen atoms in total. The highest BCUT2D eigenvalue weighted by Crippen LogP contribution is 2.27. The van der Waals surface area contributed by atoms with Crippen LogP contribution < -0.4 is 15.7 Å². The number of amides is 1. The van der Waals surface area contributed by atoms with Gasteiger partial charge in [-0.3, -0.25) is 4.79 Å². The molecule has 3 aromatic carbocycles. The molecule has 1 amide bonds. The summed E-state index contributed by atoms with van der Waals surface area (Å²) in [6, 6.07) is 19.9. The van der Waals surface area contributed by atoms with Crippen molar-refractivity contribution in [3.63, 3.8) is 0 Å². The van der Waals surface area contributed by atoms with Crippen LogP contribution in [0.15, 0.2) is 77.6 Å². The second kappa shape index (κ2) is 8.19. The van der Waals surface area contributed by atoms with Gasteiger partial charge in [0.1, 0.15) is 18.1 Å². The fraction of sp³-hybridized carbons (Fsp3) is 0.0833. The second-order valence-electron chi connectivity index (χ2n) is 7.43. The SMILES string of the molecule is Cc1ccccc1Oc1nc2ccccc2n2c(=O)n(CC(=O)Nc3ccc(F)cc3)nc12. The first-order chi connectivity index (χ1) is 16.0. The molecule has 0 spiro atoms. The van der Waals surface area contributed by atoms with Crippen LogP contribution in [0.5, 0.6) is 11.6 Å². The van der Waals surface area contributed by atoms with Gasteiger partial charge in [-0.15, -0.1) is 5.10 Å². The third-order valence-electron chi connectivity index (χ3n) is 5.10. The minimum Gasteiger partial charge on any atom is -0.436 e. The molecule has 0 aliphatic heterocycles. The van der Waals surface area contributed by atoms with Crippen LogP contribution in [0.2, 0.25) is 0 Å². The summed E-state index contributed by atoms with van der Waals surface area (Å²) in [5.74, 6) is -0.160. The van der Waals surface area contributed by atoms with Gasteiger partial charge in [0, 0.05) is 5.69 Å². The first-order valence-electron chi connectivity index (χ1n) is 10.2. The summed E-state index contributed by atoms with van der Waals surface area (Å²) in [6.45, 7) is 1.56. The number of para-hydroxylation sites is 3. The Balaban J connectivity index is 1.57. The monoisotopic (exact) mass is 443 g/mol. The Morgan fingerprint density at radius 3 is 2.55 bits per heavy atom. The fourth-order valence-electron chi connectivity index (χ4n) is 3.49. The molecule has 0 atom stereocenters. The highest BCUT2D eigenvalue weighted by atomic mass is 19.1. The number of hydrogen-bond acceptors (Lipinski definition) is 5. The van der Waals surface area contributed by atoms with Gasteiger partial charge in [0.05, 0.1) is 11.0 Å². The van der Waals surface area contributed by atoms with E-state index in [1.54, 1.807) is 24.3 Å². The van der Waals surface area contributed by atoms with Crippen molar-refractivity contribution < 1.29 is 13.9 Å². The van der Waals surface area contributed by atoms with Gasteiger partial charge in [-0.2, -0.15) is 0 Å². The number of aryl methyl sites for hydroxylation is 1. The van der Waals surface area contributed by atoms with Gasteiger partial charge in [-0.25, -0.2) is 23.3 Å². The lowest BCUT2D eigenvalue weighted by molar-refractivity contribution is -0.117. The van der Waals surface area contributed by atoms with Crippen molar-refractivity contribution in [1.82, 2.24) is 19.2 Å². The molecule has 0 saturated heterocycles. The summed E-state index contributed by atoms with van der Waals surface area (Å²) in [6.07, 6.45) is 0. The van der Waals surface area contributed by atoms with Crippen LogP contribution in [0.4, 0.5) is 10.1 Å². The summed E-state index contributed by atoms with van der Waals surface area (Å²) in [4.78, 5) is 30.3. The van der Waals surface area contributed by atoms with E-state index in [9.17, 15) is 14.0 Å². The molecule has 33 heavy (non-hydrogen) atoms. The maximum Gasteiger partial charge on any atom is 0.351 e. The second-order valence-corrected chi connectivity index (χ2v) is 7.43. The zero-order chi connectivity index (χ0) is 22.9. The zero-order valence-corrected chi connectivity index (χ0v) is 17.5. The number of rotatable bonds is 5. The van der Waals surface area contributed by atoms with Gasteiger partial charge in [0.15, 0.2) is 0 Å². The molecule has 0 aliphatic carbocycles. The maximum absolute atomic E-state index is 13.2. The first kappa shape index (κ1) is 20.4. The third-order valence-corrected chi connectivity index (χ3v) is 5.10.